The van der Waals surface area contributed by atoms with Crippen LogP contribution in [0, 0.1) is 0 Å². The van der Waals surface area contributed by atoms with Gasteiger partial charge in [0, 0.05) is 12.7 Å². The molecule has 0 spiro atoms. The van der Waals surface area contributed by atoms with E-state index >= 15 is 0 Å². The first-order valence-corrected chi connectivity index (χ1v) is 6.44. The van der Waals surface area contributed by atoms with Crippen LogP contribution in [0.3, 0.4) is 0 Å². The van der Waals surface area contributed by atoms with Gasteiger partial charge in [-0.2, -0.15) is 13.2 Å². The highest BCUT2D eigenvalue weighted by atomic mass is 35.5. The predicted molar refractivity (Wildman–Crippen MR) is 56.0 cm³/mol. The van der Waals surface area contributed by atoms with Crippen LogP contribution >= 0.6 is 11.6 Å². The third kappa shape index (κ3) is 2.47. The zero-order chi connectivity index (χ0) is 12.8. The molecule has 9 heteroatoms. The zero-order valence-corrected chi connectivity index (χ0v) is 9.77. The van der Waals surface area contributed by atoms with Gasteiger partial charge in [0.2, 0.25) is 0 Å². The van der Waals surface area contributed by atoms with Gasteiger partial charge in [0.05, 0.1) is 16.4 Å². The number of rotatable bonds is 0. The molecule has 0 aromatic heterocycles. The molecule has 0 saturated carbocycles. The fraction of sp³-hybridized carbons (Fsp3) is 0.375. The van der Waals surface area contributed by atoms with E-state index < -0.39 is 21.8 Å². The second kappa shape index (κ2) is 3.74. The number of sulfonamides is 1. The van der Waals surface area contributed by atoms with Crippen LogP contribution < -0.4 is 0 Å². The molecule has 0 saturated heterocycles. The van der Waals surface area contributed by atoms with Crippen molar-refractivity contribution in [2.24, 2.45) is 4.40 Å². The van der Waals surface area contributed by atoms with Gasteiger partial charge in [-0.3, -0.25) is 0 Å². The zero-order valence-electron chi connectivity index (χ0n) is 8.20. The van der Waals surface area contributed by atoms with Gasteiger partial charge < -0.3 is 4.90 Å². The van der Waals surface area contributed by atoms with Crippen molar-refractivity contribution in [1.82, 2.24) is 4.90 Å². The molecule has 17 heavy (non-hydrogen) atoms. The maximum absolute atomic E-state index is 12.5. The molecule has 0 N–H and O–H groups in total. The van der Waals surface area contributed by atoms with Gasteiger partial charge in [0.1, 0.15) is 0 Å². The summed E-state index contributed by atoms with van der Waals surface area (Å²) in [5.41, 5.74) is -0.930. The van der Waals surface area contributed by atoms with Crippen molar-refractivity contribution in [2.45, 2.75) is 6.18 Å². The van der Waals surface area contributed by atoms with Gasteiger partial charge in [-0.15, -0.1) is 4.40 Å². The third-order valence-corrected chi connectivity index (χ3v) is 3.63. The first-order chi connectivity index (χ1) is 7.69. The third-order valence-electron chi connectivity index (χ3n) is 2.21. The van der Waals surface area contributed by atoms with Crippen LogP contribution in [0.2, 0.25) is 0 Å². The largest absolute Gasteiger partial charge is 0.417 e. The maximum atomic E-state index is 12.5. The van der Waals surface area contributed by atoms with E-state index in [-0.39, 0.29) is 23.2 Å². The highest BCUT2D eigenvalue weighted by Crippen LogP contribution is 2.33. The van der Waals surface area contributed by atoms with Gasteiger partial charge in [-0.1, -0.05) is 11.6 Å². The quantitative estimate of drug-likeness (QED) is 0.680. The lowest BCUT2D eigenvalue weighted by Crippen LogP contribution is -2.39. The van der Waals surface area contributed by atoms with Crippen LogP contribution in [0.25, 0.3) is 0 Å². The Balaban J connectivity index is 2.46. The molecule has 2 aliphatic heterocycles. The van der Waals surface area contributed by atoms with Crippen molar-refractivity contribution in [3.05, 3.63) is 22.9 Å². The SMILES string of the molecule is O=S1(=O)CCN2C=C(C(F)(F)F)C=C(Cl)C2=N1. The highest BCUT2D eigenvalue weighted by molar-refractivity contribution is 7.90. The van der Waals surface area contributed by atoms with E-state index in [0.29, 0.717) is 6.08 Å². The van der Waals surface area contributed by atoms with Crippen molar-refractivity contribution >= 4 is 27.5 Å². The van der Waals surface area contributed by atoms with Gasteiger partial charge in [0.15, 0.2) is 5.84 Å². The summed E-state index contributed by atoms with van der Waals surface area (Å²) in [5.74, 6) is -0.492. The molecule has 2 aliphatic rings. The fourth-order valence-corrected chi connectivity index (χ4v) is 2.72. The summed E-state index contributed by atoms with van der Waals surface area (Å²) in [6, 6.07) is 0. The predicted octanol–water partition coefficient (Wildman–Crippen LogP) is 1.61. The lowest BCUT2D eigenvalue weighted by atomic mass is 10.2. The number of allylic oxidation sites excluding steroid dienone is 2. The Kier molecular flexibility index (Phi) is 2.74. The van der Waals surface area contributed by atoms with E-state index in [1.807, 2.05) is 0 Å². The molecule has 0 atom stereocenters. The van der Waals surface area contributed by atoms with Gasteiger partial charge >= 0.3 is 6.18 Å². The number of hydrogen-bond acceptors (Lipinski definition) is 3. The summed E-state index contributed by atoms with van der Waals surface area (Å²) < 4.78 is 63.1. The van der Waals surface area contributed by atoms with Crippen molar-refractivity contribution < 1.29 is 21.6 Å². The standard InChI is InChI=1S/C8H6ClF3N2O2S/c9-6-3-5(8(10,11)12)4-14-1-2-17(15,16)13-7(6)14/h3-4H,1-2H2. The van der Waals surface area contributed by atoms with Crippen LogP contribution in [0.5, 0.6) is 0 Å². The molecule has 94 valence electrons. The molecular weight excluding hydrogens is 281 g/mol. The lowest BCUT2D eigenvalue weighted by Gasteiger charge is -2.29. The molecule has 0 aliphatic carbocycles. The Labute approximate surface area is 100 Å². The van der Waals surface area contributed by atoms with Crippen molar-refractivity contribution in [3.8, 4) is 0 Å². The summed E-state index contributed by atoms with van der Waals surface area (Å²) in [5, 5.41) is -0.330. The van der Waals surface area contributed by atoms with E-state index in [1.165, 1.54) is 0 Å². The number of halogens is 4. The Morgan fingerprint density at radius 1 is 1.41 bits per heavy atom. The maximum Gasteiger partial charge on any atom is 0.417 e. The van der Waals surface area contributed by atoms with Gasteiger partial charge in [0.25, 0.3) is 10.0 Å². The molecule has 0 aromatic carbocycles. The van der Waals surface area contributed by atoms with E-state index in [9.17, 15) is 21.6 Å². The van der Waals surface area contributed by atoms with E-state index in [1.54, 1.807) is 0 Å². The molecule has 2 heterocycles. The minimum atomic E-state index is -4.53. The Bertz CT molecular complexity index is 548. The number of amidine groups is 1. The molecule has 0 unspecified atom stereocenters. The summed E-state index contributed by atoms with van der Waals surface area (Å²) in [4.78, 5) is 1.09. The number of hydrogen-bond donors (Lipinski definition) is 0. The first-order valence-electron chi connectivity index (χ1n) is 4.45. The summed E-state index contributed by atoms with van der Waals surface area (Å²) in [6.45, 7) is -0.0925. The Morgan fingerprint density at radius 2 is 2.06 bits per heavy atom. The van der Waals surface area contributed by atoms with Gasteiger partial charge in [-0.05, 0) is 6.08 Å². The van der Waals surface area contributed by atoms with Crippen molar-refractivity contribution in [2.75, 3.05) is 12.3 Å². The molecular formula is C8H6ClF3N2O2S. The molecule has 0 fully saturated rings. The molecule has 0 aromatic rings. The number of fused-ring (bicyclic) bond motifs is 1. The summed E-state index contributed by atoms with van der Waals surface area (Å²) in [6.07, 6.45) is -3.06. The summed E-state index contributed by atoms with van der Waals surface area (Å²) in [7, 11) is -3.63. The fourth-order valence-electron chi connectivity index (χ4n) is 1.42. The normalized spacial score (nSPS) is 23.5. The molecule has 0 radical (unpaired) electrons. The highest BCUT2D eigenvalue weighted by Gasteiger charge is 2.37. The minimum absolute atomic E-state index is 0.0925. The van der Waals surface area contributed by atoms with E-state index in [0.717, 1.165) is 11.1 Å². The number of alkyl halides is 3. The molecule has 0 amide bonds. The Hall–Kier alpha value is -1.02. The van der Waals surface area contributed by atoms with E-state index in [2.05, 4.69) is 4.40 Å². The van der Waals surface area contributed by atoms with Gasteiger partial charge in [-0.25, -0.2) is 8.42 Å². The minimum Gasteiger partial charge on any atom is -0.329 e. The lowest BCUT2D eigenvalue weighted by molar-refractivity contribution is -0.0891. The second-order valence-corrected chi connectivity index (χ2v) is 5.63. The van der Waals surface area contributed by atoms with Crippen LogP contribution in [0.15, 0.2) is 27.3 Å². The molecule has 4 nitrogen and oxygen atoms in total. The number of nitrogens with zero attached hydrogens (tertiary/aromatic N) is 2. The van der Waals surface area contributed by atoms with Crippen LogP contribution in [0.4, 0.5) is 13.2 Å². The molecule has 2 rings (SSSR count). The first kappa shape index (κ1) is 12.4. The van der Waals surface area contributed by atoms with E-state index in [4.69, 9.17) is 11.6 Å². The van der Waals surface area contributed by atoms with Crippen LogP contribution in [0.1, 0.15) is 0 Å². The Morgan fingerprint density at radius 3 is 2.65 bits per heavy atom. The van der Waals surface area contributed by atoms with Crippen LogP contribution in [-0.2, 0) is 10.0 Å². The van der Waals surface area contributed by atoms with Crippen molar-refractivity contribution in [1.29, 1.82) is 0 Å². The van der Waals surface area contributed by atoms with Crippen LogP contribution in [-0.4, -0.2) is 37.6 Å². The second-order valence-electron chi connectivity index (χ2n) is 3.47. The molecule has 0 bridgehead atoms. The monoisotopic (exact) mass is 286 g/mol. The smallest absolute Gasteiger partial charge is 0.329 e. The average molecular weight is 287 g/mol. The topological polar surface area (TPSA) is 49.7 Å². The summed E-state index contributed by atoms with van der Waals surface area (Å²) >= 11 is 5.60. The average Bonchev–Trinajstić information content (AvgIpc) is 2.16. The van der Waals surface area contributed by atoms with Crippen molar-refractivity contribution in [3.63, 3.8) is 0 Å².